The zero-order valence-electron chi connectivity index (χ0n) is 14.2. The van der Waals surface area contributed by atoms with Gasteiger partial charge in [0.15, 0.2) is 0 Å². The van der Waals surface area contributed by atoms with Gasteiger partial charge >= 0.3 is 0 Å². The van der Waals surface area contributed by atoms with E-state index in [0.29, 0.717) is 0 Å². The van der Waals surface area contributed by atoms with Crippen LogP contribution < -0.4 is 5.32 Å². The van der Waals surface area contributed by atoms with Gasteiger partial charge in [0.05, 0.1) is 0 Å². The minimum atomic E-state index is -0.0139. The van der Waals surface area contributed by atoms with Gasteiger partial charge in [-0.25, -0.2) is 0 Å². The lowest BCUT2D eigenvalue weighted by molar-refractivity contribution is 0.313. The van der Waals surface area contributed by atoms with Gasteiger partial charge in [-0.1, -0.05) is 74.0 Å². The molecule has 1 nitrogen and oxygen atoms in total. The van der Waals surface area contributed by atoms with Crippen LogP contribution in [0.2, 0.25) is 0 Å². The van der Waals surface area contributed by atoms with Crippen LogP contribution in [0.25, 0.3) is 0 Å². The van der Waals surface area contributed by atoms with E-state index in [1.54, 1.807) is 0 Å². The van der Waals surface area contributed by atoms with Gasteiger partial charge in [0.25, 0.3) is 0 Å². The van der Waals surface area contributed by atoms with Crippen molar-refractivity contribution in [3.8, 4) is 0 Å². The van der Waals surface area contributed by atoms with E-state index in [1.807, 2.05) is 6.08 Å². The fourth-order valence-electron chi connectivity index (χ4n) is 2.83. The Hall–Kier alpha value is -1.86. The molecule has 0 spiro atoms. The largest absolute Gasteiger partial charge is 0.305 e. The summed E-state index contributed by atoms with van der Waals surface area (Å²) in [7, 11) is 0. The van der Waals surface area contributed by atoms with E-state index in [2.05, 4.69) is 88.1 Å². The van der Waals surface area contributed by atoms with Crippen molar-refractivity contribution in [2.75, 3.05) is 0 Å². The zero-order chi connectivity index (χ0) is 16.2. The van der Waals surface area contributed by atoms with Gasteiger partial charge in [0.2, 0.25) is 0 Å². The average Bonchev–Trinajstić information content (AvgIpc) is 2.50. The Labute approximate surface area is 135 Å². The summed E-state index contributed by atoms with van der Waals surface area (Å²) in [6.07, 6.45) is 2.04. The zero-order valence-corrected chi connectivity index (χ0v) is 14.2. The van der Waals surface area contributed by atoms with Crippen molar-refractivity contribution in [1.82, 2.24) is 5.32 Å². The van der Waals surface area contributed by atoms with Gasteiger partial charge in [0, 0.05) is 18.0 Å². The van der Waals surface area contributed by atoms with Crippen LogP contribution in [0.4, 0.5) is 0 Å². The molecule has 0 unspecified atom stereocenters. The van der Waals surface area contributed by atoms with E-state index in [-0.39, 0.29) is 11.5 Å². The molecule has 0 radical (unpaired) electrons. The third-order valence-electron chi connectivity index (χ3n) is 4.40. The summed E-state index contributed by atoms with van der Waals surface area (Å²) >= 11 is 0. The monoisotopic (exact) mass is 293 g/mol. The van der Waals surface area contributed by atoms with E-state index in [0.717, 1.165) is 6.54 Å². The predicted molar refractivity (Wildman–Crippen MR) is 95.9 cm³/mol. The molecule has 0 amide bonds. The van der Waals surface area contributed by atoms with Gasteiger partial charge in [-0.3, -0.25) is 0 Å². The normalized spacial score (nSPS) is 12.9. The third-order valence-corrected chi connectivity index (χ3v) is 4.40. The van der Waals surface area contributed by atoms with Crippen LogP contribution in [0.5, 0.6) is 0 Å². The van der Waals surface area contributed by atoms with Gasteiger partial charge < -0.3 is 5.32 Å². The van der Waals surface area contributed by atoms with E-state index in [4.69, 9.17) is 0 Å². The summed E-state index contributed by atoms with van der Waals surface area (Å²) < 4.78 is 0. The van der Waals surface area contributed by atoms with Crippen LogP contribution in [-0.2, 0) is 6.54 Å². The smallest absolute Gasteiger partial charge is 0.0409 e. The van der Waals surface area contributed by atoms with Crippen LogP contribution >= 0.6 is 0 Å². The third kappa shape index (κ3) is 3.86. The van der Waals surface area contributed by atoms with Gasteiger partial charge in [0.1, 0.15) is 0 Å². The molecule has 22 heavy (non-hydrogen) atoms. The van der Waals surface area contributed by atoms with Crippen molar-refractivity contribution in [3.63, 3.8) is 0 Å². The first-order valence-electron chi connectivity index (χ1n) is 7.92. The highest BCUT2D eigenvalue weighted by Gasteiger charge is 2.27. The molecule has 1 atom stereocenters. The lowest BCUT2D eigenvalue weighted by Crippen LogP contribution is -2.32. The maximum Gasteiger partial charge on any atom is 0.0409 e. The molecule has 116 valence electrons. The Morgan fingerprint density at radius 2 is 1.77 bits per heavy atom. The molecular weight excluding hydrogens is 266 g/mol. The number of hydrogen-bond donors (Lipinski definition) is 1. The minimum Gasteiger partial charge on any atom is -0.305 e. The molecule has 0 bridgehead atoms. The number of aryl methyl sites for hydroxylation is 2. The molecule has 2 aromatic rings. The fourth-order valence-corrected chi connectivity index (χ4v) is 2.83. The average molecular weight is 293 g/mol. The fraction of sp³-hybridized carbons (Fsp3) is 0.333. The van der Waals surface area contributed by atoms with Crippen LogP contribution in [0.15, 0.2) is 61.2 Å². The first kappa shape index (κ1) is 16.5. The van der Waals surface area contributed by atoms with Crippen molar-refractivity contribution in [2.45, 2.75) is 40.3 Å². The Morgan fingerprint density at radius 3 is 2.36 bits per heavy atom. The Kier molecular flexibility index (Phi) is 5.20. The molecule has 1 heteroatoms. The minimum absolute atomic E-state index is 0.0139. The predicted octanol–water partition coefficient (Wildman–Crippen LogP) is 5.35. The van der Waals surface area contributed by atoms with E-state index < -0.39 is 0 Å². The molecule has 2 aromatic carbocycles. The Balaban J connectivity index is 2.22. The van der Waals surface area contributed by atoms with Gasteiger partial charge in [-0.15, -0.1) is 6.58 Å². The van der Waals surface area contributed by atoms with Crippen LogP contribution in [0.1, 0.15) is 42.1 Å². The molecule has 2 rings (SSSR count). The lowest BCUT2D eigenvalue weighted by atomic mass is 9.80. The van der Waals surface area contributed by atoms with Gasteiger partial charge in [-0.2, -0.15) is 0 Å². The summed E-state index contributed by atoms with van der Waals surface area (Å²) in [5.74, 6) is 0. The summed E-state index contributed by atoms with van der Waals surface area (Å²) in [4.78, 5) is 0. The molecule has 1 N–H and O–H groups in total. The van der Waals surface area contributed by atoms with Crippen molar-refractivity contribution < 1.29 is 0 Å². The second-order valence-corrected chi connectivity index (χ2v) is 6.68. The topological polar surface area (TPSA) is 12.0 Å². The highest BCUT2D eigenvalue weighted by Crippen LogP contribution is 2.34. The quantitative estimate of drug-likeness (QED) is 0.708. The van der Waals surface area contributed by atoms with Crippen molar-refractivity contribution in [2.24, 2.45) is 5.41 Å². The molecule has 0 saturated carbocycles. The maximum absolute atomic E-state index is 4.02. The number of benzene rings is 2. The standard InChI is InChI=1S/C21H27N/c1-6-21(4,5)20(18-10-8-7-9-11-18)22-15-19-13-12-16(2)14-17(19)3/h6-14,20,22H,1,15H2,2-5H3/t20-/m0/s1. The van der Waals surface area contributed by atoms with Gasteiger partial charge in [-0.05, 0) is 30.5 Å². The molecule has 0 aliphatic heterocycles. The van der Waals surface area contributed by atoms with E-state index in [1.165, 1.54) is 22.3 Å². The number of hydrogen-bond acceptors (Lipinski definition) is 1. The van der Waals surface area contributed by atoms with E-state index in [9.17, 15) is 0 Å². The van der Waals surface area contributed by atoms with Crippen molar-refractivity contribution in [3.05, 3.63) is 83.4 Å². The van der Waals surface area contributed by atoms with Crippen LogP contribution in [-0.4, -0.2) is 0 Å². The number of rotatable bonds is 6. The van der Waals surface area contributed by atoms with E-state index >= 15 is 0 Å². The first-order chi connectivity index (χ1) is 10.4. The Bertz CT molecular complexity index is 626. The summed E-state index contributed by atoms with van der Waals surface area (Å²) in [5, 5.41) is 3.73. The molecule has 0 heterocycles. The first-order valence-corrected chi connectivity index (χ1v) is 7.92. The SMILES string of the molecule is C=CC(C)(C)[C@@H](NCc1ccc(C)cc1C)c1ccccc1. The highest BCUT2D eigenvalue weighted by molar-refractivity contribution is 5.31. The second kappa shape index (κ2) is 6.93. The molecule has 0 saturated heterocycles. The number of nitrogens with one attached hydrogen (secondary N) is 1. The molecule has 0 fully saturated rings. The summed E-state index contributed by atoms with van der Waals surface area (Å²) in [6, 6.07) is 17.5. The lowest BCUT2D eigenvalue weighted by Gasteiger charge is -2.33. The van der Waals surface area contributed by atoms with Crippen molar-refractivity contribution in [1.29, 1.82) is 0 Å². The molecule has 0 aromatic heterocycles. The summed E-state index contributed by atoms with van der Waals surface area (Å²) in [5.41, 5.74) is 5.30. The summed E-state index contributed by atoms with van der Waals surface area (Å²) in [6.45, 7) is 13.7. The molecular formula is C21H27N. The van der Waals surface area contributed by atoms with Crippen LogP contribution in [0.3, 0.4) is 0 Å². The van der Waals surface area contributed by atoms with Crippen LogP contribution in [0, 0.1) is 19.3 Å². The maximum atomic E-state index is 4.02. The van der Waals surface area contributed by atoms with Crippen molar-refractivity contribution >= 4 is 0 Å². The highest BCUT2D eigenvalue weighted by atomic mass is 14.9. The second-order valence-electron chi connectivity index (χ2n) is 6.68. The molecule has 0 aliphatic carbocycles. The Morgan fingerprint density at radius 1 is 1.09 bits per heavy atom. The molecule has 0 aliphatic rings.